The highest BCUT2D eigenvalue weighted by Gasteiger charge is 2.52. The molecule has 1 unspecified atom stereocenters. The first-order chi connectivity index (χ1) is 16.9. The average molecular weight is 502 g/mol. The lowest BCUT2D eigenvalue weighted by atomic mass is 9.85. The molecule has 1 aliphatic carbocycles. The summed E-state index contributed by atoms with van der Waals surface area (Å²) in [4.78, 5) is 53.0. The number of benzene rings is 1. The molecular weight excluding hydrogens is 462 g/mol. The number of carbonyl (C=O) groups is 4. The number of carboxylic acids is 1. The first-order valence-electron chi connectivity index (χ1n) is 12.7. The van der Waals surface area contributed by atoms with Crippen molar-refractivity contribution in [1.29, 1.82) is 0 Å². The van der Waals surface area contributed by atoms with Crippen LogP contribution in [0.5, 0.6) is 0 Å². The highest BCUT2D eigenvalue weighted by Crippen LogP contribution is 2.43. The number of rotatable bonds is 8. The van der Waals surface area contributed by atoms with Crippen LogP contribution in [0.4, 0.5) is 4.79 Å². The monoisotopic (exact) mass is 501 g/mol. The lowest BCUT2D eigenvalue weighted by molar-refractivity contribution is -0.152. The van der Waals surface area contributed by atoms with Gasteiger partial charge in [0.25, 0.3) is 0 Å². The van der Waals surface area contributed by atoms with Gasteiger partial charge in [-0.1, -0.05) is 71.4 Å². The summed E-state index contributed by atoms with van der Waals surface area (Å²) in [7, 11) is 0. The number of hydrogen-bond acceptors (Lipinski definition) is 5. The van der Waals surface area contributed by atoms with Gasteiger partial charge < -0.3 is 25.4 Å². The topological polar surface area (TPSA) is 125 Å². The number of likely N-dealkylation sites (tertiary alicyclic amines) is 1. The van der Waals surface area contributed by atoms with E-state index in [2.05, 4.69) is 10.6 Å². The molecule has 1 saturated heterocycles. The van der Waals surface area contributed by atoms with Gasteiger partial charge in [-0.2, -0.15) is 0 Å². The lowest BCUT2D eigenvalue weighted by Gasteiger charge is -2.36. The third-order valence-corrected chi connectivity index (χ3v) is 7.26. The molecule has 9 nitrogen and oxygen atoms in total. The van der Waals surface area contributed by atoms with Crippen molar-refractivity contribution < 1.29 is 29.0 Å². The third-order valence-electron chi connectivity index (χ3n) is 7.26. The van der Waals surface area contributed by atoms with Crippen molar-refractivity contribution in [2.75, 3.05) is 6.54 Å². The largest absolute Gasteiger partial charge is 0.480 e. The fraction of sp³-hybridized carbons (Fsp3) is 0.630. The van der Waals surface area contributed by atoms with Crippen LogP contribution in [0.1, 0.15) is 59.4 Å². The summed E-state index contributed by atoms with van der Waals surface area (Å²) in [6.07, 6.45) is 1.95. The van der Waals surface area contributed by atoms with Crippen molar-refractivity contribution in [1.82, 2.24) is 15.5 Å². The predicted octanol–water partition coefficient (Wildman–Crippen LogP) is 3.18. The number of ether oxygens (including phenoxy) is 1. The summed E-state index contributed by atoms with van der Waals surface area (Å²) in [6, 6.07) is 6.45. The van der Waals surface area contributed by atoms with Gasteiger partial charge in [0.15, 0.2) is 0 Å². The zero-order chi connectivity index (χ0) is 26.6. The lowest BCUT2D eigenvalue weighted by Crippen LogP contribution is -2.60. The molecule has 0 radical (unpaired) electrons. The van der Waals surface area contributed by atoms with Gasteiger partial charge in [-0.15, -0.1) is 0 Å². The Labute approximate surface area is 212 Å². The number of aliphatic carboxylic acids is 1. The first-order valence-corrected chi connectivity index (χ1v) is 12.7. The number of carboxylic acid groups (broad SMARTS) is 1. The van der Waals surface area contributed by atoms with Crippen LogP contribution in [0.25, 0.3) is 0 Å². The number of nitrogens with zero attached hydrogens (tertiary/aromatic N) is 1. The van der Waals surface area contributed by atoms with E-state index in [0.717, 1.165) is 24.8 Å². The van der Waals surface area contributed by atoms with E-state index in [4.69, 9.17) is 4.74 Å². The summed E-state index contributed by atoms with van der Waals surface area (Å²) in [5.41, 5.74) is 0.142. The summed E-state index contributed by atoms with van der Waals surface area (Å²) in [6.45, 7) is 9.52. The normalized spacial score (nSPS) is 23.1. The number of hydrogen-bond donors (Lipinski definition) is 3. The van der Waals surface area contributed by atoms with E-state index in [1.165, 1.54) is 4.90 Å². The molecular formula is C27H39N3O6. The highest BCUT2D eigenvalue weighted by molar-refractivity contribution is 5.94. The Morgan fingerprint density at radius 1 is 1.08 bits per heavy atom. The van der Waals surface area contributed by atoms with E-state index in [9.17, 15) is 24.3 Å². The molecule has 2 aliphatic rings. The summed E-state index contributed by atoms with van der Waals surface area (Å²) in [5.74, 6) is -2.06. The van der Waals surface area contributed by atoms with Gasteiger partial charge in [0.1, 0.15) is 24.7 Å². The van der Waals surface area contributed by atoms with Crippen LogP contribution in [0.15, 0.2) is 30.3 Å². The van der Waals surface area contributed by atoms with Crippen LogP contribution in [0.3, 0.4) is 0 Å². The van der Waals surface area contributed by atoms with Gasteiger partial charge in [0, 0.05) is 6.54 Å². The van der Waals surface area contributed by atoms with Crippen molar-refractivity contribution in [3.8, 4) is 0 Å². The van der Waals surface area contributed by atoms with Crippen molar-refractivity contribution in [2.45, 2.75) is 78.6 Å². The molecule has 36 heavy (non-hydrogen) atoms. The van der Waals surface area contributed by atoms with Crippen LogP contribution >= 0.6 is 0 Å². The Bertz CT molecular complexity index is 958. The summed E-state index contributed by atoms with van der Waals surface area (Å²) >= 11 is 0. The van der Waals surface area contributed by atoms with Gasteiger partial charge >= 0.3 is 12.1 Å². The Kier molecular flexibility index (Phi) is 8.63. The van der Waals surface area contributed by atoms with E-state index >= 15 is 0 Å². The van der Waals surface area contributed by atoms with Crippen molar-refractivity contribution in [3.05, 3.63) is 35.9 Å². The van der Waals surface area contributed by atoms with Gasteiger partial charge in [-0.3, -0.25) is 9.59 Å². The molecule has 9 heteroatoms. The van der Waals surface area contributed by atoms with Gasteiger partial charge in [-0.05, 0) is 41.6 Å². The third kappa shape index (κ3) is 6.36. The van der Waals surface area contributed by atoms with E-state index < -0.39 is 47.4 Å². The Hall–Kier alpha value is -3.10. The minimum atomic E-state index is -1.00. The van der Waals surface area contributed by atoms with E-state index in [1.54, 1.807) is 13.8 Å². The molecule has 5 atom stereocenters. The highest BCUT2D eigenvalue weighted by atomic mass is 16.5. The maximum Gasteiger partial charge on any atom is 0.408 e. The maximum atomic E-state index is 13.7. The second-order valence-corrected chi connectivity index (χ2v) is 11.4. The summed E-state index contributed by atoms with van der Waals surface area (Å²) < 4.78 is 5.27. The van der Waals surface area contributed by atoms with Gasteiger partial charge in [0.05, 0.1) is 0 Å². The molecule has 1 aliphatic heterocycles. The molecule has 0 spiro atoms. The maximum absolute atomic E-state index is 13.7. The molecule has 0 aromatic heterocycles. The standard InChI is InChI=1S/C27H39N3O6/c1-16(2)20(28-26(35)36-15-17-10-7-6-8-11-17)23(31)29-22(27(3,4)5)24(32)30-14-18-12-9-13-19(18)21(30)25(33)34/h6-8,10-11,16,18-22H,9,12-15H2,1-5H3,(H,28,35)(H,29,31)(H,33,34)/t18-,19-,20-,21-,22?/m0/s1. The zero-order valence-electron chi connectivity index (χ0n) is 21.8. The van der Waals surface area contributed by atoms with E-state index in [1.807, 2.05) is 51.1 Å². The number of amides is 3. The molecule has 2 fully saturated rings. The van der Waals surface area contributed by atoms with Gasteiger partial charge in [0.2, 0.25) is 11.8 Å². The zero-order valence-corrected chi connectivity index (χ0v) is 21.8. The minimum absolute atomic E-state index is 0.0489. The molecule has 1 saturated carbocycles. The molecule has 198 valence electrons. The van der Waals surface area contributed by atoms with E-state index in [0.29, 0.717) is 6.54 Å². The van der Waals surface area contributed by atoms with Crippen molar-refractivity contribution >= 4 is 23.9 Å². The SMILES string of the molecule is CC(C)[C@H](NC(=O)OCc1ccccc1)C(=O)NC(C(=O)N1C[C@@H]2CCC[C@@H]2[C@H]1C(=O)O)C(C)(C)C. The smallest absolute Gasteiger partial charge is 0.408 e. The molecule has 3 amide bonds. The predicted molar refractivity (Wildman–Crippen MR) is 134 cm³/mol. The Morgan fingerprint density at radius 3 is 2.33 bits per heavy atom. The molecule has 1 heterocycles. The number of nitrogens with one attached hydrogen (secondary N) is 2. The average Bonchev–Trinajstić information content (AvgIpc) is 3.40. The second kappa shape index (κ2) is 11.3. The second-order valence-electron chi connectivity index (χ2n) is 11.4. The minimum Gasteiger partial charge on any atom is -0.480 e. The van der Waals surface area contributed by atoms with Crippen LogP contribution in [-0.2, 0) is 25.7 Å². The molecule has 0 bridgehead atoms. The summed E-state index contributed by atoms with van der Waals surface area (Å²) in [5, 5.41) is 15.3. The quantitative estimate of drug-likeness (QED) is 0.502. The van der Waals surface area contributed by atoms with Crippen molar-refractivity contribution in [2.24, 2.45) is 23.2 Å². The number of carbonyl (C=O) groups excluding carboxylic acids is 3. The Morgan fingerprint density at radius 2 is 1.75 bits per heavy atom. The van der Waals surface area contributed by atoms with Crippen LogP contribution in [-0.4, -0.2) is 58.6 Å². The fourth-order valence-electron chi connectivity index (χ4n) is 5.32. The van der Waals surface area contributed by atoms with Crippen LogP contribution < -0.4 is 10.6 Å². The van der Waals surface area contributed by atoms with Gasteiger partial charge in [-0.25, -0.2) is 9.59 Å². The fourth-order valence-corrected chi connectivity index (χ4v) is 5.32. The molecule has 1 aromatic rings. The van der Waals surface area contributed by atoms with Crippen LogP contribution in [0.2, 0.25) is 0 Å². The molecule has 3 N–H and O–H groups in total. The Balaban J connectivity index is 1.70. The molecule has 3 rings (SSSR count). The molecule has 1 aromatic carbocycles. The van der Waals surface area contributed by atoms with Crippen molar-refractivity contribution in [3.63, 3.8) is 0 Å². The van der Waals surface area contributed by atoms with E-state index in [-0.39, 0.29) is 24.4 Å². The first kappa shape index (κ1) is 27.5. The van der Waals surface area contributed by atoms with Crippen LogP contribution in [0, 0.1) is 23.2 Å². The number of fused-ring (bicyclic) bond motifs is 1. The number of alkyl carbamates (subject to hydrolysis) is 1.